The molecule has 2 aromatic carbocycles. The molecule has 1 N–H and O–H groups in total. The minimum absolute atomic E-state index is 0.203. The summed E-state index contributed by atoms with van der Waals surface area (Å²) in [6, 6.07) is 18.3. The van der Waals surface area contributed by atoms with E-state index in [1.165, 1.54) is 5.56 Å². The van der Waals surface area contributed by atoms with E-state index in [1.54, 1.807) is 17.2 Å². The van der Waals surface area contributed by atoms with Crippen LogP contribution >= 0.6 is 0 Å². The number of aromatic nitrogens is 5. The summed E-state index contributed by atoms with van der Waals surface area (Å²) in [5, 5.41) is 7.49. The van der Waals surface area contributed by atoms with Crippen molar-refractivity contribution in [2.24, 2.45) is 0 Å². The van der Waals surface area contributed by atoms with E-state index in [4.69, 9.17) is 0 Å². The Balaban J connectivity index is 1.48. The van der Waals surface area contributed by atoms with Crippen molar-refractivity contribution in [2.45, 2.75) is 32.7 Å². The monoisotopic (exact) mass is 414 g/mol. The number of benzene rings is 2. The van der Waals surface area contributed by atoms with Crippen molar-refractivity contribution >= 4 is 5.91 Å². The van der Waals surface area contributed by atoms with Crippen molar-refractivity contribution in [1.82, 2.24) is 29.6 Å². The lowest BCUT2D eigenvalue weighted by Crippen LogP contribution is -2.26. The third kappa shape index (κ3) is 5.25. The summed E-state index contributed by atoms with van der Waals surface area (Å²) in [4.78, 5) is 21.3. The van der Waals surface area contributed by atoms with Crippen LogP contribution in [0.1, 0.15) is 34.0 Å². The zero-order valence-electron chi connectivity index (χ0n) is 17.6. The van der Waals surface area contributed by atoms with Crippen LogP contribution in [-0.4, -0.2) is 36.8 Å². The van der Waals surface area contributed by atoms with Gasteiger partial charge in [0.25, 0.3) is 5.91 Å². The second kappa shape index (κ2) is 9.84. The molecule has 0 bridgehead atoms. The standard InChI is InChI=1S/C24H26N6O/c1-19-8-5-6-11-21(19)30-22(13-12-20-9-3-2-4-10-20)27-23(28-30)24(31)26-14-7-16-29-17-15-25-18-29/h2-6,8-11,15,17-18H,7,12-14,16H2,1H3,(H,26,31). The summed E-state index contributed by atoms with van der Waals surface area (Å²) in [7, 11) is 0. The lowest BCUT2D eigenvalue weighted by Gasteiger charge is -2.08. The van der Waals surface area contributed by atoms with Gasteiger partial charge in [0.1, 0.15) is 5.82 Å². The molecule has 0 aliphatic heterocycles. The molecule has 0 saturated heterocycles. The van der Waals surface area contributed by atoms with E-state index in [2.05, 4.69) is 32.5 Å². The fraction of sp³-hybridized carbons (Fsp3) is 0.250. The molecule has 31 heavy (non-hydrogen) atoms. The molecule has 0 aliphatic rings. The van der Waals surface area contributed by atoms with E-state index in [9.17, 15) is 4.79 Å². The lowest BCUT2D eigenvalue weighted by molar-refractivity contribution is 0.0942. The van der Waals surface area contributed by atoms with Crippen molar-refractivity contribution in [1.29, 1.82) is 0 Å². The van der Waals surface area contributed by atoms with Gasteiger partial charge in [0.15, 0.2) is 0 Å². The van der Waals surface area contributed by atoms with Crippen LogP contribution in [0, 0.1) is 6.92 Å². The minimum Gasteiger partial charge on any atom is -0.349 e. The normalized spacial score (nSPS) is 10.9. The topological polar surface area (TPSA) is 77.6 Å². The van der Waals surface area contributed by atoms with Gasteiger partial charge in [-0.1, -0.05) is 48.5 Å². The highest BCUT2D eigenvalue weighted by molar-refractivity contribution is 5.90. The summed E-state index contributed by atoms with van der Waals surface area (Å²) in [5.74, 6) is 0.731. The second-order valence-corrected chi connectivity index (χ2v) is 7.45. The fourth-order valence-corrected chi connectivity index (χ4v) is 3.46. The number of carbonyl (C=O) groups excluding carboxylic acids is 1. The van der Waals surface area contributed by atoms with Crippen LogP contribution in [0.25, 0.3) is 5.69 Å². The number of aryl methyl sites for hydroxylation is 4. The quantitative estimate of drug-likeness (QED) is 0.426. The number of para-hydroxylation sites is 1. The lowest BCUT2D eigenvalue weighted by atomic mass is 10.1. The maximum atomic E-state index is 12.7. The first-order valence-corrected chi connectivity index (χ1v) is 10.5. The van der Waals surface area contributed by atoms with Crippen LogP contribution in [0.5, 0.6) is 0 Å². The highest BCUT2D eigenvalue weighted by Crippen LogP contribution is 2.16. The summed E-state index contributed by atoms with van der Waals surface area (Å²) in [6.45, 7) is 3.39. The number of amides is 1. The van der Waals surface area contributed by atoms with Crippen molar-refractivity contribution in [3.05, 3.63) is 96.1 Å². The largest absolute Gasteiger partial charge is 0.349 e. The average Bonchev–Trinajstić information content (AvgIpc) is 3.46. The van der Waals surface area contributed by atoms with Gasteiger partial charge in [0.2, 0.25) is 5.82 Å². The summed E-state index contributed by atoms with van der Waals surface area (Å²) in [5.41, 5.74) is 3.25. The molecule has 7 nitrogen and oxygen atoms in total. The summed E-state index contributed by atoms with van der Waals surface area (Å²) < 4.78 is 3.79. The van der Waals surface area contributed by atoms with Gasteiger partial charge < -0.3 is 9.88 Å². The van der Waals surface area contributed by atoms with Crippen LogP contribution in [0.2, 0.25) is 0 Å². The van der Waals surface area contributed by atoms with Gasteiger partial charge in [0.05, 0.1) is 12.0 Å². The fourth-order valence-electron chi connectivity index (χ4n) is 3.46. The Bertz CT molecular complexity index is 1120. The van der Waals surface area contributed by atoms with Crippen LogP contribution in [-0.2, 0) is 19.4 Å². The van der Waals surface area contributed by atoms with Gasteiger partial charge >= 0.3 is 0 Å². The summed E-state index contributed by atoms with van der Waals surface area (Å²) in [6.07, 6.45) is 7.76. The first-order chi connectivity index (χ1) is 15.2. The van der Waals surface area contributed by atoms with Crippen molar-refractivity contribution in [2.75, 3.05) is 6.54 Å². The Morgan fingerprint density at radius 2 is 1.84 bits per heavy atom. The molecular weight excluding hydrogens is 388 g/mol. The predicted octanol–water partition coefficient (Wildman–Crippen LogP) is 3.38. The molecule has 0 atom stereocenters. The van der Waals surface area contributed by atoms with E-state index in [1.807, 2.05) is 60.2 Å². The summed E-state index contributed by atoms with van der Waals surface area (Å²) >= 11 is 0. The first kappa shape index (κ1) is 20.5. The molecule has 0 spiro atoms. The Morgan fingerprint density at radius 1 is 1.03 bits per heavy atom. The number of hydrogen-bond donors (Lipinski definition) is 1. The maximum Gasteiger partial charge on any atom is 0.290 e. The van der Waals surface area contributed by atoms with E-state index in [-0.39, 0.29) is 11.7 Å². The van der Waals surface area contributed by atoms with Crippen LogP contribution in [0.3, 0.4) is 0 Å². The second-order valence-electron chi connectivity index (χ2n) is 7.45. The van der Waals surface area contributed by atoms with Gasteiger partial charge in [-0.2, -0.15) is 0 Å². The van der Waals surface area contributed by atoms with E-state index < -0.39 is 0 Å². The molecule has 0 fully saturated rings. The number of nitrogens with one attached hydrogen (secondary N) is 1. The number of carbonyl (C=O) groups is 1. The molecule has 7 heteroatoms. The molecule has 0 aliphatic carbocycles. The number of imidazole rings is 1. The van der Waals surface area contributed by atoms with E-state index >= 15 is 0 Å². The Labute approximate surface area is 181 Å². The van der Waals surface area contributed by atoms with Crippen LogP contribution in [0.4, 0.5) is 0 Å². The average molecular weight is 415 g/mol. The van der Waals surface area contributed by atoms with Crippen LogP contribution < -0.4 is 5.32 Å². The molecule has 0 saturated carbocycles. The molecule has 4 rings (SSSR count). The smallest absolute Gasteiger partial charge is 0.290 e. The SMILES string of the molecule is Cc1ccccc1-n1nc(C(=O)NCCCn2ccnc2)nc1CCc1ccccc1. The van der Waals surface area contributed by atoms with Crippen molar-refractivity contribution in [3.63, 3.8) is 0 Å². The molecule has 0 unspecified atom stereocenters. The molecular formula is C24H26N6O. The van der Waals surface area contributed by atoms with Crippen LogP contribution in [0.15, 0.2) is 73.3 Å². The first-order valence-electron chi connectivity index (χ1n) is 10.5. The number of rotatable bonds is 9. The third-order valence-corrected chi connectivity index (χ3v) is 5.14. The molecule has 158 valence electrons. The van der Waals surface area contributed by atoms with Crippen molar-refractivity contribution in [3.8, 4) is 5.69 Å². The van der Waals surface area contributed by atoms with Gasteiger partial charge in [-0.15, -0.1) is 5.10 Å². The van der Waals surface area contributed by atoms with Gasteiger partial charge in [-0.25, -0.2) is 14.6 Å². The van der Waals surface area contributed by atoms with Gasteiger partial charge in [0, 0.05) is 31.9 Å². The van der Waals surface area contributed by atoms with Crippen molar-refractivity contribution < 1.29 is 4.79 Å². The molecule has 4 aromatic rings. The molecule has 1 amide bonds. The molecule has 0 radical (unpaired) electrons. The zero-order chi connectivity index (χ0) is 21.5. The highest BCUT2D eigenvalue weighted by atomic mass is 16.2. The minimum atomic E-state index is -0.251. The van der Waals surface area contributed by atoms with Gasteiger partial charge in [-0.3, -0.25) is 4.79 Å². The number of hydrogen-bond acceptors (Lipinski definition) is 4. The third-order valence-electron chi connectivity index (χ3n) is 5.14. The van der Waals surface area contributed by atoms with Gasteiger partial charge in [-0.05, 0) is 37.0 Å². The maximum absolute atomic E-state index is 12.7. The Hall–Kier alpha value is -3.74. The van der Waals surface area contributed by atoms with E-state index in [0.717, 1.165) is 36.5 Å². The van der Waals surface area contributed by atoms with E-state index in [0.29, 0.717) is 13.0 Å². The Morgan fingerprint density at radius 3 is 2.61 bits per heavy atom. The molecule has 2 aromatic heterocycles. The molecule has 2 heterocycles. The predicted molar refractivity (Wildman–Crippen MR) is 119 cm³/mol. The highest BCUT2D eigenvalue weighted by Gasteiger charge is 2.18. The zero-order valence-corrected chi connectivity index (χ0v) is 17.6. The Kier molecular flexibility index (Phi) is 6.52. The number of nitrogens with zero attached hydrogens (tertiary/aromatic N) is 5.